The molecule has 0 heterocycles. The predicted octanol–water partition coefficient (Wildman–Crippen LogP) is 4.60. The summed E-state index contributed by atoms with van der Waals surface area (Å²) in [5.74, 6) is 0.293. The summed E-state index contributed by atoms with van der Waals surface area (Å²) < 4.78 is 0. The molecule has 6 rings (SSSR count). The lowest BCUT2D eigenvalue weighted by atomic mass is 9.47. The van der Waals surface area contributed by atoms with E-state index in [1.165, 1.54) is 19.3 Å². The van der Waals surface area contributed by atoms with Gasteiger partial charge in [-0.15, -0.1) is 0 Å². The summed E-state index contributed by atoms with van der Waals surface area (Å²) in [5, 5.41) is 13.2. The van der Waals surface area contributed by atoms with E-state index in [4.69, 9.17) is 0 Å². The molecule has 1 amide bonds. The second-order valence-electron chi connectivity index (χ2n) is 9.81. The van der Waals surface area contributed by atoms with Gasteiger partial charge in [0.2, 0.25) is 5.91 Å². The van der Waals surface area contributed by atoms with Gasteiger partial charge in [-0.3, -0.25) is 4.79 Å². The molecule has 4 fully saturated rings. The number of hydrogen-bond donors (Lipinski definition) is 2. The molecule has 2 aromatic carbocycles. The summed E-state index contributed by atoms with van der Waals surface area (Å²) >= 11 is 0. The van der Waals surface area contributed by atoms with Crippen LogP contribution >= 0.6 is 0 Å². The Balaban J connectivity index is 1.46. The first-order chi connectivity index (χ1) is 14.5. The van der Waals surface area contributed by atoms with Crippen molar-refractivity contribution < 1.29 is 14.7 Å². The minimum absolute atomic E-state index is 0.212. The first-order valence-corrected chi connectivity index (χ1v) is 11.2. The number of aliphatic carboxylic acids is 1. The molecule has 2 aromatic rings. The highest BCUT2D eigenvalue weighted by molar-refractivity contribution is 5.91. The van der Waals surface area contributed by atoms with Crippen molar-refractivity contribution in [1.82, 2.24) is 5.32 Å². The summed E-state index contributed by atoms with van der Waals surface area (Å²) in [6.07, 6.45) is 6.56. The van der Waals surface area contributed by atoms with Crippen LogP contribution in [0.5, 0.6) is 0 Å². The van der Waals surface area contributed by atoms with Gasteiger partial charge in [0, 0.05) is 5.41 Å². The number of hydrogen-bond acceptors (Lipinski definition) is 2. The Hall–Kier alpha value is -2.62. The largest absolute Gasteiger partial charge is 0.480 e. The number of benzene rings is 2. The molecule has 0 radical (unpaired) electrons. The summed E-state index contributed by atoms with van der Waals surface area (Å²) in [7, 11) is 0. The van der Waals surface area contributed by atoms with Gasteiger partial charge in [0.15, 0.2) is 0 Å². The van der Waals surface area contributed by atoms with Crippen molar-refractivity contribution in [1.29, 1.82) is 0 Å². The predicted molar refractivity (Wildman–Crippen MR) is 115 cm³/mol. The van der Waals surface area contributed by atoms with E-state index in [0.717, 1.165) is 30.4 Å². The molecule has 30 heavy (non-hydrogen) atoms. The molecule has 4 heteroatoms. The third-order valence-corrected chi connectivity index (χ3v) is 7.76. The molecule has 0 aromatic heterocycles. The van der Waals surface area contributed by atoms with Gasteiger partial charge in [0.25, 0.3) is 0 Å². The number of carbonyl (C=O) groups excluding carboxylic acids is 1. The number of nitrogens with one attached hydrogen (secondary N) is 1. The minimum Gasteiger partial charge on any atom is -0.480 e. The van der Waals surface area contributed by atoms with Crippen molar-refractivity contribution in [3.05, 3.63) is 71.8 Å². The molecule has 156 valence electrons. The SMILES string of the molecule is O=C(N[C@@H](C(=O)O)C12CC3CC(CC(C3)C1)C2)C(c1ccccc1)c1ccccc1. The van der Waals surface area contributed by atoms with Crippen LogP contribution in [0.15, 0.2) is 60.7 Å². The van der Waals surface area contributed by atoms with Crippen LogP contribution in [0.3, 0.4) is 0 Å². The van der Waals surface area contributed by atoms with Gasteiger partial charge in [-0.1, -0.05) is 60.7 Å². The van der Waals surface area contributed by atoms with E-state index in [1.54, 1.807) is 0 Å². The molecule has 0 unspecified atom stereocenters. The molecule has 4 bridgehead atoms. The van der Waals surface area contributed by atoms with Gasteiger partial charge in [-0.05, 0) is 67.4 Å². The number of carboxylic acids is 1. The monoisotopic (exact) mass is 403 g/mol. The van der Waals surface area contributed by atoms with Crippen LogP contribution < -0.4 is 5.32 Å². The molecule has 2 N–H and O–H groups in total. The van der Waals surface area contributed by atoms with E-state index in [2.05, 4.69) is 5.32 Å². The average molecular weight is 404 g/mol. The van der Waals surface area contributed by atoms with Crippen LogP contribution in [-0.4, -0.2) is 23.0 Å². The zero-order valence-corrected chi connectivity index (χ0v) is 17.2. The van der Waals surface area contributed by atoms with Crippen molar-refractivity contribution in [2.45, 2.75) is 50.5 Å². The fraction of sp³-hybridized carbons (Fsp3) is 0.462. The van der Waals surface area contributed by atoms with Crippen LogP contribution in [0.4, 0.5) is 0 Å². The Morgan fingerprint density at radius 1 is 0.800 bits per heavy atom. The Morgan fingerprint density at radius 3 is 1.63 bits per heavy atom. The zero-order chi connectivity index (χ0) is 20.7. The maximum Gasteiger partial charge on any atom is 0.326 e. The number of carbonyl (C=O) groups is 2. The molecule has 4 aliphatic rings. The Bertz CT molecular complexity index is 849. The third-order valence-electron chi connectivity index (χ3n) is 7.76. The van der Waals surface area contributed by atoms with Crippen molar-refractivity contribution in [3.63, 3.8) is 0 Å². The van der Waals surface area contributed by atoms with Gasteiger partial charge in [0.1, 0.15) is 6.04 Å². The van der Waals surface area contributed by atoms with Crippen molar-refractivity contribution >= 4 is 11.9 Å². The molecule has 0 saturated heterocycles. The van der Waals surface area contributed by atoms with E-state index < -0.39 is 17.9 Å². The molecule has 4 nitrogen and oxygen atoms in total. The highest BCUT2D eigenvalue weighted by Gasteiger charge is 2.56. The van der Waals surface area contributed by atoms with Crippen molar-refractivity contribution in [2.75, 3.05) is 0 Å². The second kappa shape index (κ2) is 7.57. The topological polar surface area (TPSA) is 66.4 Å². The van der Waals surface area contributed by atoms with Gasteiger partial charge in [-0.25, -0.2) is 4.79 Å². The zero-order valence-electron chi connectivity index (χ0n) is 17.2. The summed E-state index contributed by atoms with van der Waals surface area (Å²) in [4.78, 5) is 26.0. The fourth-order valence-electron chi connectivity index (χ4n) is 7.02. The maximum absolute atomic E-state index is 13.6. The lowest BCUT2D eigenvalue weighted by Crippen LogP contribution is -2.60. The van der Waals surface area contributed by atoms with E-state index in [0.29, 0.717) is 17.8 Å². The highest BCUT2D eigenvalue weighted by atomic mass is 16.4. The van der Waals surface area contributed by atoms with Gasteiger partial charge in [0.05, 0.1) is 5.92 Å². The van der Waals surface area contributed by atoms with E-state index >= 15 is 0 Å². The molecule has 4 saturated carbocycles. The quantitative estimate of drug-likeness (QED) is 0.740. The molecule has 0 spiro atoms. The van der Waals surface area contributed by atoms with Crippen LogP contribution in [0.1, 0.15) is 55.6 Å². The smallest absolute Gasteiger partial charge is 0.326 e. The van der Waals surface area contributed by atoms with Crippen molar-refractivity contribution in [2.24, 2.45) is 23.2 Å². The molecular formula is C26H29NO3. The number of carboxylic acid groups (broad SMARTS) is 1. The van der Waals surface area contributed by atoms with Crippen LogP contribution in [0.2, 0.25) is 0 Å². The molecular weight excluding hydrogens is 374 g/mol. The van der Waals surface area contributed by atoms with Gasteiger partial charge >= 0.3 is 5.97 Å². The fourth-order valence-corrected chi connectivity index (χ4v) is 7.02. The minimum atomic E-state index is -0.884. The standard InChI is InChI=1S/C26H29NO3/c28-24(22(20-7-3-1-4-8-20)21-9-5-2-6-10-21)27-23(25(29)30)26-14-17-11-18(15-26)13-19(12-17)16-26/h1-10,17-19,22-23H,11-16H2,(H,27,28)(H,29,30)/t17?,18?,19?,23-,26?/m0/s1. The summed E-state index contributed by atoms with van der Waals surface area (Å²) in [6.45, 7) is 0. The van der Waals surface area contributed by atoms with Crippen LogP contribution in [0, 0.1) is 23.2 Å². The van der Waals surface area contributed by atoms with E-state index in [9.17, 15) is 14.7 Å². The summed E-state index contributed by atoms with van der Waals surface area (Å²) in [5.41, 5.74) is 1.49. The Morgan fingerprint density at radius 2 is 1.23 bits per heavy atom. The lowest BCUT2D eigenvalue weighted by molar-refractivity contribution is -0.154. The van der Waals surface area contributed by atoms with Crippen LogP contribution in [-0.2, 0) is 9.59 Å². The molecule has 4 aliphatic carbocycles. The number of rotatable bonds is 6. The lowest BCUT2D eigenvalue weighted by Gasteiger charge is -2.58. The third kappa shape index (κ3) is 3.42. The summed E-state index contributed by atoms with van der Waals surface area (Å²) in [6, 6.07) is 18.5. The maximum atomic E-state index is 13.6. The van der Waals surface area contributed by atoms with E-state index in [1.807, 2.05) is 60.7 Å². The number of amides is 1. The Kier molecular flexibility index (Phi) is 4.88. The second-order valence-corrected chi connectivity index (χ2v) is 9.81. The highest BCUT2D eigenvalue weighted by Crippen LogP contribution is 2.61. The first-order valence-electron chi connectivity index (χ1n) is 11.2. The van der Waals surface area contributed by atoms with Crippen molar-refractivity contribution in [3.8, 4) is 0 Å². The Labute approximate surface area is 177 Å². The molecule has 0 aliphatic heterocycles. The average Bonchev–Trinajstić information content (AvgIpc) is 2.72. The van der Waals surface area contributed by atoms with Gasteiger partial charge in [-0.2, -0.15) is 0 Å². The van der Waals surface area contributed by atoms with E-state index in [-0.39, 0.29) is 11.3 Å². The normalized spacial score (nSPS) is 30.2. The van der Waals surface area contributed by atoms with Gasteiger partial charge < -0.3 is 10.4 Å². The molecule has 1 atom stereocenters. The first kappa shape index (κ1) is 19.3. The van der Waals surface area contributed by atoms with Crippen LogP contribution in [0.25, 0.3) is 0 Å².